The van der Waals surface area contributed by atoms with E-state index in [1.165, 1.54) is 4.88 Å². The zero-order valence-electron chi connectivity index (χ0n) is 11.6. The number of hydrogen-bond acceptors (Lipinski definition) is 5. The van der Waals surface area contributed by atoms with Gasteiger partial charge in [-0.15, -0.1) is 11.3 Å². The van der Waals surface area contributed by atoms with Crippen LogP contribution in [0.4, 0.5) is 0 Å². The molecule has 1 aromatic heterocycles. The standard InChI is InChI=1S/C15H17N3OS/c1-11-9-18-15(20-11)12(2)17-10-13-4-3-5-14(8-13)19-7-6-16/h3-5,8-9,12,17H,7,10H2,1-2H3. The van der Waals surface area contributed by atoms with Crippen molar-refractivity contribution in [1.82, 2.24) is 10.3 Å². The first-order chi connectivity index (χ1) is 9.69. The molecular weight excluding hydrogens is 270 g/mol. The number of aryl methyl sites for hydroxylation is 1. The van der Waals surface area contributed by atoms with E-state index in [-0.39, 0.29) is 12.6 Å². The Labute approximate surface area is 123 Å². The van der Waals surface area contributed by atoms with Crippen LogP contribution in [0, 0.1) is 18.3 Å². The van der Waals surface area contributed by atoms with E-state index < -0.39 is 0 Å². The lowest BCUT2D eigenvalue weighted by atomic mass is 10.2. The lowest BCUT2D eigenvalue weighted by Crippen LogP contribution is -2.17. The molecule has 20 heavy (non-hydrogen) atoms. The minimum absolute atomic E-state index is 0.0751. The average Bonchev–Trinajstić information content (AvgIpc) is 2.90. The van der Waals surface area contributed by atoms with E-state index in [1.54, 1.807) is 11.3 Å². The molecule has 0 saturated heterocycles. The topological polar surface area (TPSA) is 57.9 Å². The van der Waals surface area contributed by atoms with Gasteiger partial charge in [-0.05, 0) is 31.5 Å². The number of aromatic nitrogens is 1. The number of thiazole rings is 1. The van der Waals surface area contributed by atoms with Crippen molar-refractivity contribution in [2.75, 3.05) is 6.61 Å². The van der Waals surface area contributed by atoms with Gasteiger partial charge in [0.15, 0.2) is 6.61 Å². The van der Waals surface area contributed by atoms with Gasteiger partial charge in [-0.2, -0.15) is 5.26 Å². The number of ether oxygens (including phenoxy) is 1. The highest BCUT2D eigenvalue weighted by Gasteiger charge is 2.08. The van der Waals surface area contributed by atoms with Crippen molar-refractivity contribution in [2.24, 2.45) is 0 Å². The van der Waals surface area contributed by atoms with Crippen LogP contribution in [0.2, 0.25) is 0 Å². The first-order valence-electron chi connectivity index (χ1n) is 6.43. The van der Waals surface area contributed by atoms with Gasteiger partial charge in [0.25, 0.3) is 0 Å². The number of rotatable bonds is 6. The Kier molecular flexibility index (Phi) is 5.10. The second-order valence-corrected chi connectivity index (χ2v) is 5.77. The summed E-state index contributed by atoms with van der Waals surface area (Å²) in [5, 5.41) is 13.0. The molecule has 0 radical (unpaired) electrons. The first-order valence-corrected chi connectivity index (χ1v) is 7.25. The molecule has 4 nitrogen and oxygen atoms in total. The van der Waals surface area contributed by atoms with Gasteiger partial charge in [0, 0.05) is 17.6 Å². The van der Waals surface area contributed by atoms with Crippen LogP contribution in [-0.2, 0) is 6.54 Å². The fourth-order valence-electron chi connectivity index (χ4n) is 1.79. The van der Waals surface area contributed by atoms with Crippen molar-refractivity contribution in [3.63, 3.8) is 0 Å². The second-order valence-electron chi connectivity index (χ2n) is 4.51. The highest BCUT2D eigenvalue weighted by Crippen LogP contribution is 2.20. The Bertz CT molecular complexity index is 603. The summed E-state index contributed by atoms with van der Waals surface area (Å²) >= 11 is 1.71. The third kappa shape index (κ3) is 4.05. The molecule has 5 heteroatoms. The summed E-state index contributed by atoms with van der Waals surface area (Å²) in [5.41, 5.74) is 1.13. The molecule has 1 heterocycles. The maximum Gasteiger partial charge on any atom is 0.174 e. The van der Waals surface area contributed by atoms with E-state index in [0.29, 0.717) is 0 Å². The van der Waals surface area contributed by atoms with Gasteiger partial charge in [0.1, 0.15) is 16.8 Å². The van der Waals surface area contributed by atoms with Crippen molar-refractivity contribution >= 4 is 11.3 Å². The summed E-state index contributed by atoms with van der Waals surface area (Å²) in [4.78, 5) is 5.60. The van der Waals surface area contributed by atoms with E-state index >= 15 is 0 Å². The molecule has 0 aliphatic heterocycles. The van der Waals surface area contributed by atoms with Crippen molar-refractivity contribution in [1.29, 1.82) is 5.26 Å². The third-order valence-corrected chi connectivity index (χ3v) is 3.92. The van der Waals surface area contributed by atoms with Gasteiger partial charge < -0.3 is 10.1 Å². The first kappa shape index (κ1) is 14.5. The van der Waals surface area contributed by atoms with Crippen molar-refractivity contribution in [3.05, 3.63) is 45.9 Å². The number of hydrogen-bond donors (Lipinski definition) is 1. The quantitative estimate of drug-likeness (QED) is 0.886. The smallest absolute Gasteiger partial charge is 0.174 e. The fourth-order valence-corrected chi connectivity index (χ4v) is 2.59. The summed E-state index contributed by atoms with van der Waals surface area (Å²) in [6, 6.07) is 9.96. The Morgan fingerprint density at radius 1 is 1.50 bits per heavy atom. The minimum Gasteiger partial charge on any atom is -0.479 e. The maximum absolute atomic E-state index is 8.51. The SMILES string of the molecule is Cc1cnc(C(C)NCc2cccc(OCC#N)c2)s1. The Balaban J connectivity index is 1.92. The molecule has 0 aliphatic rings. The molecule has 1 unspecified atom stereocenters. The summed E-state index contributed by atoms with van der Waals surface area (Å²) in [6.45, 7) is 4.98. The second kappa shape index (κ2) is 7.04. The summed E-state index contributed by atoms with van der Waals surface area (Å²) in [6.07, 6.45) is 1.90. The van der Waals surface area contributed by atoms with E-state index in [9.17, 15) is 0 Å². The molecule has 0 spiro atoms. The van der Waals surface area contributed by atoms with Crippen molar-refractivity contribution in [3.8, 4) is 11.8 Å². The minimum atomic E-state index is 0.0751. The lowest BCUT2D eigenvalue weighted by molar-refractivity contribution is 0.367. The van der Waals surface area contributed by atoms with Crippen molar-refractivity contribution in [2.45, 2.75) is 26.4 Å². The molecule has 1 aromatic carbocycles. The monoisotopic (exact) mass is 287 g/mol. The zero-order valence-corrected chi connectivity index (χ0v) is 12.4. The van der Waals surface area contributed by atoms with Crippen LogP contribution in [-0.4, -0.2) is 11.6 Å². The van der Waals surface area contributed by atoms with Gasteiger partial charge >= 0.3 is 0 Å². The van der Waals surface area contributed by atoms with Crippen LogP contribution < -0.4 is 10.1 Å². The van der Waals surface area contributed by atoms with E-state index in [4.69, 9.17) is 10.00 Å². The third-order valence-electron chi connectivity index (χ3n) is 2.82. The highest BCUT2D eigenvalue weighted by molar-refractivity contribution is 7.11. The summed E-state index contributed by atoms with van der Waals surface area (Å²) < 4.78 is 5.29. The van der Waals surface area contributed by atoms with Crippen LogP contribution in [0.25, 0.3) is 0 Å². The molecule has 1 atom stereocenters. The van der Waals surface area contributed by atoms with E-state index in [2.05, 4.69) is 24.1 Å². The fraction of sp³-hybridized carbons (Fsp3) is 0.333. The summed E-state index contributed by atoms with van der Waals surface area (Å²) in [5.74, 6) is 0.726. The van der Waals surface area contributed by atoms with Crippen molar-refractivity contribution < 1.29 is 4.74 Å². The van der Waals surface area contributed by atoms with E-state index in [0.717, 1.165) is 22.9 Å². The highest BCUT2D eigenvalue weighted by atomic mass is 32.1. The normalized spacial score (nSPS) is 11.8. The molecule has 0 aliphatic carbocycles. The van der Waals surface area contributed by atoms with Crippen LogP contribution >= 0.6 is 11.3 Å². The van der Waals surface area contributed by atoms with Gasteiger partial charge in [0.2, 0.25) is 0 Å². The molecule has 0 saturated carbocycles. The molecule has 0 fully saturated rings. The molecule has 0 amide bonds. The van der Waals surface area contributed by atoms with Crippen LogP contribution in [0.5, 0.6) is 5.75 Å². The molecule has 104 valence electrons. The van der Waals surface area contributed by atoms with Crippen LogP contribution in [0.3, 0.4) is 0 Å². The van der Waals surface area contributed by atoms with E-state index in [1.807, 2.05) is 36.5 Å². The Morgan fingerprint density at radius 3 is 3.05 bits per heavy atom. The molecular formula is C15H17N3OS. The average molecular weight is 287 g/mol. The largest absolute Gasteiger partial charge is 0.479 e. The molecule has 2 rings (SSSR count). The summed E-state index contributed by atoms with van der Waals surface area (Å²) in [7, 11) is 0. The molecule has 1 N–H and O–H groups in total. The van der Waals surface area contributed by atoms with Crippen LogP contribution in [0.1, 0.15) is 28.4 Å². The van der Waals surface area contributed by atoms with Gasteiger partial charge in [-0.1, -0.05) is 12.1 Å². The predicted molar refractivity (Wildman–Crippen MR) is 79.7 cm³/mol. The van der Waals surface area contributed by atoms with Gasteiger partial charge in [0.05, 0.1) is 6.04 Å². The van der Waals surface area contributed by atoms with Gasteiger partial charge in [-0.25, -0.2) is 4.98 Å². The lowest BCUT2D eigenvalue weighted by Gasteiger charge is -2.11. The Morgan fingerprint density at radius 2 is 2.35 bits per heavy atom. The maximum atomic E-state index is 8.51. The molecule has 0 bridgehead atoms. The van der Waals surface area contributed by atoms with Gasteiger partial charge in [-0.3, -0.25) is 0 Å². The predicted octanol–water partition coefficient (Wildman–Crippen LogP) is 3.20. The number of benzene rings is 1. The molecule has 2 aromatic rings. The Hall–Kier alpha value is -1.90. The number of nitrogens with one attached hydrogen (secondary N) is 1. The zero-order chi connectivity index (χ0) is 14.4. The number of nitriles is 1. The van der Waals surface area contributed by atoms with Crippen LogP contribution in [0.15, 0.2) is 30.5 Å². The number of nitrogens with zero attached hydrogens (tertiary/aromatic N) is 2.